The van der Waals surface area contributed by atoms with Crippen molar-refractivity contribution >= 4 is 46.5 Å². The van der Waals surface area contributed by atoms with Gasteiger partial charge in [-0.1, -0.05) is 29.3 Å². The number of benzene rings is 1. The van der Waals surface area contributed by atoms with Crippen LogP contribution in [0, 0.1) is 11.7 Å². The third-order valence-electron chi connectivity index (χ3n) is 3.13. The van der Waals surface area contributed by atoms with Gasteiger partial charge in [0.25, 0.3) is 0 Å². The average molecular weight is 324 g/mol. The SMILES string of the molecule is Cc1ccc(Cn2c(=S)[nH]c3cc(Cl)c(Cl)cc32)cn1. The second-order valence-corrected chi connectivity index (χ2v) is 5.81. The van der Waals surface area contributed by atoms with Crippen molar-refractivity contribution in [1.82, 2.24) is 14.5 Å². The number of aryl methyl sites for hydroxylation is 1. The first kappa shape index (κ1) is 13.6. The second-order valence-electron chi connectivity index (χ2n) is 4.61. The molecule has 3 nitrogen and oxygen atoms in total. The molecule has 0 aliphatic carbocycles. The highest BCUT2D eigenvalue weighted by Gasteiger charge is 2.08. The number of aromatic nitrogens is 3. The number of H-pyrrole nitrogens is 1. The number of nitrogens with zero attached hydrogens (tertiary/aromatic N) is 2. The predicted octanol–water partition coefficient (Wildman–Crippen LogP) is 4.76. The van der Waals surface area contributed by atoms with E-state index in [1.807, 2.05) is 35.9 Å². The third kappa shape index (κ3) is 2.46. The molecule has 0 saturated carbocycles. The summed E-state index contributed by atoms with van der Waals surface area (Å²) in [6, 6.07) is 7.64. The van der Waals surface area contributed by atoms with E-state index in [1.165, 1.54) is 0 Å². The van der Waals surface area contributed by atoms with Gasteiger partial charge in [-0.15, -0.1) is 0 Å². The number of rotatable bonds is 2. The van der Waals surface area contributed by atoms with E-state index in [1.54, 1.807) is 6.07 Å². The minimum Gasteiger partial charge on any atom is -0.331 e. The van der Waals surface area contributed by atoms with Gasteiger partial charge in [-0.25, -0.2) is 0 Å². The zero-order chi connectivity index (χ0) is 14.3. The highest BCUT2D eigenvalue weighted by Crippen LogP contribution is 2.28. The van der Waals surface area contributed by atoms with Crippen molar-refractivity contribution in [3.05, 3.63) is 56.5 Å². The Hall–Kier alpha value is -1.36. The van der Waals surface area contributed by atoms with E-state index in [4.69, 9.17) is 35.4 Å². The summed E-state index contributed by atoms with van der Waals surface area (Å²) < 4.78 is 2.62. The molecule has 0 aliphatic rings. The maximum Gasteiger partial charge on any atom is 0.178 e. The molecule has 2 heterocycles. The van der Waals surface area contributed by atoms with Crippen molar-refractivity contribution in [2.75, 3.05) is 0 Å². The molecule has 0 aliphatic heterocycles. The zero-order valence-corrected chi connectivity index (χ0v) is 13.0. The molecule has 0 saturated heterocycles. The molecule has 0 fully saturated rings. The highest BCUT2D eigenvalue weighted by molar-refractivity contribution is 7.71. The molecule has 0 unspecified atom stereocenters. The molecular formula is C14H11Cl2N3S. The van der Waals surface area contributed by atoms with Crippen molar-refractivity contribution in [1.29, 1.82) is 0 Å². The molecule has 3 aromatic rings. The first-order valence-electron chi connectivity index (χ1n) is 6.03. The van der Waals surface area contributed by atoms with Crippen LogP contribution in [0.4, 0.5) is 0 Å². The summed E-state index contributed by atoms with van der Waals surface area (Å²) in [5, 5.41) is 1.03. The van der Waals surface area contributed by atoms with E-state index >= 15 is 0 Å². The van der Waals surface area contributed by atoms with E-state index in [-0.39, 0.29) is 0 Å². The average Bonchev–Trinajstić information content (AvgIpc) is 2.69. The van der Waals surface area contributed by atoms with Gasteiger partial charge in [-0.05, 0) is 42.9 Å². The van der Waals surface area contributed by atoms with Crippen LogP contribution in [0.3, 0.4) is 0 Å². The van der Waals surface area contributed by atoms with E-state index in [0.717, 1.165) is 22.3 Å². The van der Waals surface area contributed by atoms with Crippen LogP contribution in [0.1, 0.15) is 11.3 Å². The predicted molar refractivity (Wildman–Crippen MR) is 85.2 cm³/mol. The first-order valence-corrected chi connectivity index (χ1v) is 7.20. The Morgan fingerprint density at radius 1 is 1.25 bits per heavy atom. The summed E-state index contributed by atoms with van der Waals surface area (Å²) in [6.07, 6.45) is 1.85. The van der Waals surface area contributed by atoms with E-state index in [0.29, 0.717) is 21.4 Å². The van der Waals surface area contributed by atoms with Crippen molar-refractivity contribution in [2.45, 2.75) is 13.5 Å². The molecule has 0 radical (unpaired) electrons. The van der Waals surface area contributed by atoms with Crippen LogP contribution in [0.15, 0.2) is 30.5 Å². The van der Waals surface area contributed by atoms with Crippen LogP contribution in [0.2, 0.25) is 10.0 Å². The van der Waals surface area contributed by atoms with Gasteiger partial charge >= 0.3 is 0 Å². The van der Waals surface area contributed by atoms with Gasteiger partial charge in [0.05, 0.1) is 27.6 Å². The maximum absolute atomic E-state index is 6.09. The lowest BCUT2D eigenvalue weighted by molar-refractivity contribution is 0.805. The van der Waals surface area contributed by atoms with Gasteiger partial charge in [0.15, 0.2) is 4.77 Å². The van der Waals surface area contributed by atoms with E-state index < -0.39 is 0 Å². The smallest absolute Gasteiger partial charge is 0.178 e. The Labute approximate surface area is 131 Å². The number of fused-ring (bicyclic) bond motifs is 1. The molecule has 3 rings (SSSR count). The molecule has 2 aromatic heterocycles. The van der Waals surface area contributed by atoms with E-state index in [2.05, 4.69) is 9.97 Å². The minimum absolute atomic E-state index is 0.513. The molecule has 0 bridgehead atoms. The standard InChI is InChI=1S/C14H11Cl2N3S/c1-8-2-3-9(6-17-8)7-19-13-5-11(16)10(15)4-12(13)18-14(19)20/h2-6H,7H2,1H3,(H,18,20). The zero-order valence-electron chi connectivity index (χ0n) is 10.7. The van der Waals surface area contributed by atoms with Gasteiger partial charge in [-0.3, -0.25) is 4.98 Å². The third-order valence-corrected chi connectivity index (χ3v) is 4.17. The summed E-state index contributed by atoms with van der Waals surface area (Å²) in [4.78, 5) is 7.44. The number of hydrogen-bond acceptors (Lipinski definition) is 2. The Morgan fingerprint density at radius 3 is 2.70 bits per heavy atom. The normalized spacial score (nSPS) is 11.2. The van der Waals surface area contributed by atoms with Gasteiger partial charge in [0, 0.05) is 11.9 Å². The molecule has 6 heteroatoms. The van der Waals surface area contributed by atoms with Crippen LogP contribution < -0.4 is 0 Å². The fourth-order valence-corrected chi connectivity index (χ4v) is 2.68. The van der Waals surface area contributed by atoms with Crippen LogP contribution in [-0.2, 0) is 6.54 Å². The summed E-state index contributed by atoms with van der Waals surface area (Å²) in [7, 11) is 0. The van der Waals surface area contributed by atoms with Crippen molar-refractivity contribution in [3.8, 4) is 0 Å². The van der Waals surface area contributed by atoms with Crippen molar-refractivity contribution in [2.24, 2.45) is 0 Å². The molecular weight excluding hydrogens is 313 g/mol. The molecule has 102 valence electrons. The molecule has 20 heavy (non-hydrogen) atoms. The molecule has 0 amide bonds. The number of aromatic amines is 1. The van der Waals surface area contributed by atoms with Gasteiger partial charge in [0.2, 0.25) is 0 Å². The Bertz CT molecular complexity index is 834. The lowest BCUT2D eigenvalue weighted by Gasteiger charge is -2.05. The van der Waals surface area contributed by atoms with Gasteiger partial charge in [0.1, 0.15) is 0 Å². The summed E-state index contributed by atoms with van der Waals surface area (Å²) in [5.74, 6) is 0. The summed E-state index contributed by atoms with van der Waals surface area (Å²) >= 11 is 17.5. The van der Waals surface area contributed by atoms with Gasteiger partial charge < -0.3 is 9.55 Å². The monoisotopic (exact) mass is 323 g/mol. The van der Waals surface area contributed by atoms with Crippen molar-refractivity contribution < 1.29 is 0 Å². The topological polar surface area (TPSA) is 33.6 Å². The Kier molecular flexibility index (Phi) is 3.54. The Morgan fingerprint density at radius 2 is 2.00 bits per heavy atom. The first-order chi connectivity index (χ1) is 9.54. The van der Waals surface area contributed by atoms with Crippen LogP contribution in [-0.4, -0.2) is 14.5 Å². The summed E-state index contributed by atoms with van der Waals surface area (Å²) in [5.41, 5.74) is 3.89. The number of hydrogen-bond donors (Lipinski definition) is 1. The van der Waals surface area contributed by atoms with Crippen LogP contribution in [0.5, 0.6) is 0 Å². The second kappa shape index (κ2) is 5.20. The lowest BCUT2D eigenvalue weighted by Crippen LogP contribution is -2.00. The van der Waals surface area contributed by atoms with Crippen LogP contribution >= 0.6 is 35.4 Å². The lowest BCUT2D eigenvalue weighted by atomic mass is 10.2. The maximum atomic E-state index is 6.09. The number of imidazole rings is 1. The number of halogens is 2. The van der Waals surface area contributed by atoms with E-state index in [9.17, 15) is 0 Å². The van der Waals surface area contributed by atoms with Gasteiger partial charge in [-0.2, -0.15) is 0 Å². The molecule has 0 atom stereocenters. The molecule has 1 aromatic carbocycles. The largest absolute Gasteiger partial charge is 0.331 e. The highest BCUT2D eigenvalue weighted by atomic mass is 35.5. The summed E-state index contributed by atoms with van der Waals surface area (Å²) in [6.45, 7) is 2.60. The minimum atomic E-state index is 0.513. The quantitative estimate of drug-likeness (QED) is 0.690. The number of pyridine rings is 1. The fraction of sp³-hybridized carbons (Fsp3) is 0.143. The molecule has 1 N–H and O–H groups in total. The number of nitrogens with one attached hydrogen (secondary N) is 1. The Balaban J connectivity index is 2.11. The fourth-order valence-electron chi connectivity index (χ4n) is 2.08. The molecule has 0 spiro atoms. The van der Waals surface area contributed by atoms with Crippen LogP contribution in [0.25, 0.3) is 11.0 Å². The van der Waals surface area contributed by atoms with Crippen molar-refractivity contribution in [3.63, 3.8) is 0 Å².